The minimum absolute atomic E-state index is 0.100. The van der Waals surface area contributed by atoms with Gasteiger partial charge in [-0.05, 0) is 74.4 Å². The molecular weight excluding hydrogens is 440 g/mol. The highest BCUT2D eigenvalue weighted by molar-refractivity contribution is 7.92. The molecule has 7 nitrogen and oxygen atoms in total. The molecule has 0 aliphatic carbocycles. The van der Waals surface area contributed by atoms with Crippen molar-refractivity contribution < 1.29 is 22.7 Å². The van der Waals surface area contributed by atoms with E-state index in [2.05, 4.69) is 10.0 Å². The fraction of sp³-hybridized carbons (Fsp3) is 0.240. The van der Waals surface area contributed by atoms with Gasteiger partial charge in [0.15, 0.2) is 6.61 Å². The number of para-hydroxylation sites is 1. The smallest absolute Gasteiger partial charge is 0.261 e. The molecule has 0 fully saturated rings. The number of amides is 1. The minimum Gasteiger partial charge on any atom is -0.496 e. The van der Waals surface area contributed by atoms with Crippen LogP contribution in [0.1, 0.15) is 29.7 Å². The first kappa shape index (κ1) is 24.1. The summed E-state index contributed by atoms with van der Waals surface area (Å²) >= 11 is 0. The molecule has 33 heavy (non-hydrogen) atoms. The molecule has 1 amide bonds. The fourth-order valence-electron chi connectivity index (χ4n) is 3.50. The number of rotatable bonds is 9. The van der Waals surface area contributed by atoms with Crippen molar-refractivity contribution in [3.8, 4) is 11.5 Å². The lowest BCUT2D eigenvalue weighted by molar-refractivity contribution is -0.123. The Bertz CT molecular complexity index is 1200. The van der Waals surface area contributed by atoms with Crippen LogP contribution in [-0.2, 0) is 14.8 Å². The Balaban J connectivity index is 1.58. The van der Waals surface area contributed by atoms with E-state index in [0.29, 0.717) is 17.2 Å². The zero-order chi connectivity index (χ0) is 24.0. The standard InChI is InChI=1S/C25H28N2O5S/c1-17-13-18(2)15-20(14-17)27-33(29,30)22-11-9-21(10-12-22)32-16-25(28)26-19(3)23-7-5-6-8-24(23)31-4/h5-15,19,27H,16H2,1-4H3,(H,26,28). The highest BCUT2D eigenvalue weighted by Crippen LogP contribution is 2.24. The van der Waals surface area contributed by atoms with Crippen LogP contribution in [-0.4, -0.2) is 28.0 Å². The molecule has 0 aliphatic heterocycles. The van der Waals surface area contributed by atoms with Crippen LogP contribution in [0.4, 0.5) is 5.69 Å². The summed E-state index contributed by atoms with van der Waals surface area (Å²) in [5.41, 5.74) is 3.30. The van der Waals surface area contributed by atoms with Crippen molar-refractivity contribution in [3.63, 3.8) is 0 Å². The van der Waals surface area contributed by atoms with Gasteiger partial charge in [0, 0.05) is 11.3 Å². The number of hydrogen-bond acceptors (Lipinski definition) is 5. The Morgan fingerprint density at radius 2 is 1.61 bits per heavy atom. The number of sulfonamides is 1. The summed E-state index contributed by atoms with van der Waals surface area (Å²) in [5.74, 6) is 0.777. The quantitative estimate of drug-likeness (QED) is 0.486. The van der Waals surface area contributed by atoms with Crippen molar-refractivity contribution in [2.45, 2.75) is 31.7 Å². The van der Waals surface area contributed by atoms with Gasteiger partial charge >= 0.3 is 0 Å². The third-order valence-electron chi connectivity index (χ3n) is 4.96. The second-order valence-electron chi connectivity index (χ2n) is 7.77. The molecular formula is C25H28N2O5S. The molecule has 0 aromatic heterocycles. The van der Waals surface area contributed by atoms with Gasteiger partial charge in [-0.3, -0.25) is 9.52 Å². The van der Waals surface area contributed by atoms with Crippen LogP contribution in [0.2, 0.25) is 0 Å². The molecule has 0 saturated carbocycles. The SMILES string of the molecule is COc1ccccc1C(C)NC(=O)COc1ccc(S(=O)(=O)Nc2cc(C)cc(C)c2)cc1. The zero-order valence-corrected chi connectivity index (χ0v) is 19.9. The molecule has 1 atom stereocenters. The summed E-state index contributed by atoms with van der Waals surface area (Å²) in [5, 5.41) is 2.86. The van der Waals surface area contributed by atoms with Crippen molar-refractivity contribution in [3.05, 3.63) is 83.4 Å². The second-order valence-corrected chi connectivity index (χ2v) is 9.46. The summed E-state index contributed by atoms with van der Waals surface area (Å²) in [6, 6.07) is 18.6. The number of hydrogen-bond donors (Lipinski definition) is 2. The van der Waals surface area contributed by atoms with Crippen LogP contribution in [0.15, 0.2) is 71.6 Å². The third-order valence-corrected chi connectivity index (χ3v) is 6.36. The molecule has 3 aromatic rings. The van der Waals surface area contributed by atoms with Crippen LogP contribution < -0.4 is 19.5 Å². The number of anilines is 1. The van der Waals surface area contributed by atoms with Gasteiger partial charge in [0.1, 0.15) is 11.5 Å². The number of ether oxygens (including phenoxy) is 2. The molecule has 0 heterocycles. The average Bonchev–Trinajstić information content (AvgIpc) is 2.77. The predicted molar refractivity (Wildman–Crippen MR) is 128 cm³/mol. The van der Waals surface area contributed by atoms with Crippen molar-refractivity contribution in [2.24, 2.45) is 0 Å². The summed E-state index contributed by atoms with van der Waals surface area (Å²) in [4.78, 5) is 12.4. The van der Waals surface area contributed by atoms with E-state index < -0.39 is 10.0 Å². The largest absolute Gasteiger partial charge is 0.496 e. The Kier molecular flexibility index (Phi) is 7.60. The second kappa shape index (κ2) is 10.4. The van der Waals surface area contributed by atoms with E-state index in [1.807, 2.05) is 51.1 Å². The number of aryl methyl sites for hydroxylation is 2. The first-order chi connectivity index (χ1) is 15.7. The molecule has 1 unspecified atom stereocenters. The monoisotopic (exact) mass is 468 g/mol. The molecule has 174 valence electrons. The Hall–Kier alpha value is -3.52. The van der Waals surface area contributed by atoms with Gasteiger partial charge in [0.25, 0.3) is 15.9 Å². The van der Waals surface area contributed by atoms with Gasteiger partial charge in [0.05, 0.1) is 18.0 Å². The summed E-state index contributed by atoms with van der Waals surface area (Å²) < 4.78 is 38.8. The van der Waals surface area contributed by atoms with Crippen LogP contribution in [0.3, 0.4) is 0 Å². The van der Waals surface area contributed by atoms with E-state index in [-0.39, 0.29) is 23.5 Å². The lowest BCUT2D eigenvalue weighted by Gasteiger charge is -2.17. The maximum absolute atomic E-state index is 12.7. The van der Waals surface area contributed by atoms with E-state index in [0.717, 1.165) is 16.7 Å². The van der Waals surface area contributed by atoms with E-state index in [9.17, 15) is 13.2 Å². The maximum atomic E-state index is 12.7. The molecule has 3 aromatic carbocycles. The molecule has 0 saturated heterocycles. The van der Waals surface area contributed by atoms with Gasteiger partial charge < -0.3 is 14.8 Å². The lowest BCUT2D eigenvalue weighted by Crippen LogP contribution is -2.31. The molecule has 0 bridgehead atoms. The van der Waals surface area contributed by atoms with E-state index in [4.69, 9.17) is 9.47 Å². The normalized spacial score (nSPS) is 12.0. The highest BCUT2D eigenvalue weighted by Gasteiger charge is 2.16. The van der Waals surface area contributed by atoms with Gasteiger partial charge in [0.2, 0.25) is 0 Å². The van der Waals surface area contributed by atoms with E-state index in [1.165, 1.54) is 24.3 Å². The van der Waals surface area contributed by atoms with E-state index >= 15 is 0 Å². The number of methoxy groups -OCH3 is 1. The average molecular weight is 469 g/mol. The molecule has 0 aliphatic rings. The molecule has 8 heteroatoms. The number of carbonyl (C=O) groups excluding carboxylic acids is 1. The fourth-order valence-corrected chi connectivity index (χ4v) is 4.54. The van der Waals surface area contributed by atoms with Gasteiger partial charge in [-0.15, -0.1) is 0 Å². The maximum Gasteiger partial charge on any atom is 0.261 e. The van der Waals surface area contributed by atoms with Crippen molar-refractivity contribution in [1.82, 2.24) is 5.32 Å². The number of benzene rings is 3. The Labute approximate surface area is 194 Å². The van der Waals surface area contributed by atoms with Gasteiger partial charge in [-0.1, -0.05) is 24.3 Å². The molecule has 3 rings (SSSR count). The number of nitrogens with one attached hydrogen (secondary N) is 2. The van der Waals surface area contributed by atoms with Gasteiger partial charge in [-0.25, -0.2) is 8.42 Å². The molecule has 0 radical (unpaired) electrons. The van der Waals surface area contributed by atoms with Gasteiger partial charge in [-0.2, -0.15) is 0 Å². The first-order valence-corrected chi connectivity index (χ1v) is 11.9. The Morgan fingerprint density at radius 1 is 0.970 bits per heavy atom. The van der Waals surface area contributed by atoms with Crippen LogP contribution >= 0.6 is 0 Å². The van der Waals surface area contributed by atoms with Crippen molar-refractivity contribution in [1.29, 1.82) is 0 Å². The van der Waals surface area contributed by atoms with Crippen molar-refractivity contribution >= 4 is 21.6 Å². The third kappa shape index (κ3) is 6.49. The van der Waals surface area contributed by atoms with Crippen LogP contribution in [0.5, 0.6) is 11.5 Å². The Morgan fingerprint density at radius 3 is 2.24 bits per heavy atom. The zero-order valence-electron chi connectivity index (χ0n) is 19.1. The predicted octanol–water partition coefficient (Wildman–Crippen LogP) is 4.37. The van der Waals surface area contributed by atoms with Crippen molar-refractivity contribution in [2.75, 3.05) is 18.4 Å². The highest BCUT2D eigenvalue weighted by atomic mass is 32.2. The van der Waals surface area contributed by atoms with Crippen LogP contribution in [0, 0.1) is 13.8 Å². The summed E-state index contributed by atoms with van der Waals surface area (Å²) in [6.07, 6.45) is 0. The van der Waals surface area contributed by atoms with E-state index in [1.54, 1.807) is 19.2 Å². The number of carbonyl (C=O) groups is 1. The topological polar surface area (TPSA) is 93.7 Å². The molecule has 2 N–H and O–H groups in total. The van der Waals surface area contributed by atoms with Crippen LogP contribution in [0.25, 0.3) is 0 Å². The summed E-state index contributed by atoms with van der Waals surface area (Å²) in [6.45, 7) is 5.47. The lowest BCUT2D eigenvalue weighted by atomic mass is 10.1. The minimum atomic E-state index is -3.74. The first-order valence-electron chi connectivity index (χ1n) is 10.4. The summed E-state index contributed by atoms with van der Waals surface area (Å²) in [7, 11) is -2.16. The molecule has 0 spiro atoms.